The fourth-order valence-corrected chi connectivity index (χ4v) is 4.30. The molecule has 22 heavy (non-hydrogen) atoms. The number of esters is 1. The Morgan fingerprint density at radius 2 is 2.36 bits per heavy atom. The highest BCUT2D eigenvalue weighted by Gasteiger charge is 2.27. The van der Waals surface area contributed by atoms with Crippen LogP contribution >= 0.6 is 34.9 Å². The van der Waals surface area contributed by atoms with Gasteiger partial charge >= 0.3 is 5.97 Å². The molecule has 1 aliphatic rings. The number of rotatable bonds is 7. The first kappa shape index (κ1) is 17.1. The number of carbonyl (C=O) groups is 2. The SMILES string of the molecule is CCOC(=O)/C=C1\SCC(=O)N1CCSc1nnc(NC)s1. The normalized spacial score (nSPS) is 16.4. The van der Waals surface area contributed by atoms with Crippen molar-refractivity contribution in [2.24, 2.45) is 0 Å². The highest BCUT2D eigenvalue weighted by atomic mass is 32.2. The fraction of sp³-hybridized carbons (Fsp3) is 0.500. The minimum Gasteiger partial charge on any atom is -0.463 e. The number of anilines is 1. The molecule has 0 bridgehead atoms. The molecule has 1 aromatic rings. The van der Waals surface area contributed by atoms with Gasteiger partial charge in [0.2, 0.25) is 11.0 Å². The molecule has 2 rings (SSSR count). The van der Waals surface area contributed by atoms with Gasteiger partial charge in [0.1, 0.15) is 0 Å². The highest BCUT2D eigenvalue weighted by Crippen LogP contribution is 2.30. The molecule has 120 valence electrons. The predicted molar refractivity (Wildman–Crippen MR) is 89.1 cm³/mol. The third-order valence-electron chi connectivity index (χ3n) is 2.60. The summed E-state index contributed by atoms with van der Waals surface area (Å²) in [6.45, 7) is 2.59. The van der Waals surface area contributed by atoms with E-state index in [4.69, 9.17) is 4.74 Å². The lowest BCUT2D eigenvalue weighted by atomic mass is 10.5. The Labute approximate surface area is 140 Å². The van der Waals surface area contributed by atoms with E-state index in [1.807, 2.05) is 0 Å². The van der Waals surface area contributed by atoms with Crippen LogP contribution in [0.3, 0.4) is 0 Å². The molecule has 7 nitrogen and oxygen atoms in total. The predicted octanol–water partition coefficient (Wildman–Crippen LogP) is 1.65. The number of nitrogens with one attached hydrogen (secondary N) is 1. The zero-order valence-electron chi connectivity index (χ0n) is 12.2. The number of thioether (sulfide) groups is 2. The number of hydrogen-bond donors (Lipinski definition) is 1. The van der Waals surface area contributed by atoms with Crippen LogP contribution in [0.25, 0.3) is 0 Å². The van der Waals surface area contributed by atoms with Crippen LogP contribution in [-0.2, 0) is 14.3 Å². The summed E-state index contributed by atoms with van der Waals surface area (Å²) >= 11 is 4.36. The van der Waals surface area contributed by atoms with E-state index in [1.165, 1.54) is 40.9 Å². The molecule has 1 aliphatic heterocycles. The van der Waals surface area contributed by atoms with Crippen LogP contribution in [0.15, 0.2) is 15.4 Å². The third-order valence-corrected chi connectivity index (χ3v) is 5.68. The first-order valence-electron chi connectivity index (χ1n) is 6.59. The summed E-state index contributed by atoms with van der Waals surface area (Å²) in [5, 5.41) is 12.3. The molecule has 0 unspecified atom stereocenters. The Bertz CT molecular complexity index is 576. The molecule has 0 aliphatic carbocycles. The van der Waals surface area contributed by atoms with Crippen molar-refractivity contribution in [3.8, 4) is 0 Å². The molecule has 0 aromatic carbocycles. The summed E-state index contributed by atoms with van der Waals surface area (Å²) in [6.07, 6.45) is 1.38. The molecular weight excluding hydrogens is 344 g/mol. The van der Waals surface area contributed by atoms with Crippen molar-refractivity contribution in [3.05, 3.63) is 11.1 Å². The first-order valence-corrected chi connectivity index (χ1v) is 9.38. The maximum absolute atomic E-state index is 11.9. The minimum absolute atomic E-state index is 0.00864. The van der Waals surface area contributed by atoms with Crippen LogP contribution in [-0.4, -0.2) is 58.7 Å². The molecule has 10 heteroatoms. The monoisotopic (exact) mass is 360 g/mol. The van der Waals surface area contributed by atoms with Crippen LogP contribution in [0.4, 0.5) is 5.13 Å². The smallest absolute Gasteiger partial charge is 0.333 e. The van der Waals surface area contributed by atoms with Crippen LogP contribution in [0.1, 0.15) is 6.92 Å². The Balaban J connectivity index is 1.88. The first-order chi connectivity index (χ1) is 10.6. The number of ether oxygens (including phenoxy) is 1. The van der Waals surface area contributed by atoms with Crippen molar-refractivity contribution in [1.29, 1.82) is 0 Å². The average Bonchev–Trinajstić information content (AvgIpc) is 3.08. The molecule has 1 amide bonds. The number of carbonyl (C=O) groups excluding carboxylic acids is 2. The van der Waals surface area contributed by atoms with Crippen molar-refractivity contribution < 1.29 is 14.3 Å². The second-order valence-electron chi connectivity index (χ2n) is 4.04. The Kier molecular flexibility index (Phi) is 6.52. The van der Waals surface area contributed by atoms with Crippen molar-refractivity contribution in [2.75, 3.05) is 37.0 Å². The van der Waals surface area contributed by atoms with Gasteiger partial charge in [-0.2, -0.15) is 0 Å². The molecule has 0 saturated carbocycles. The van der Waals surface area contributed by atoms with E-state index in [2.05, 4.69) is 15.5 Å². The second kappa shape index (κ2) is 8.39. The second-order valence-corrected chi connectivity index (χ2v) is 7.36. The summed E-state index contributed by atoms with van der Waals surface area (Å²) < 4.78 is 5.73. The lowest BCUT2D eigenvalue weighted by Crippen LogP contribution is -2.27. The maximum Gasteiger partial charge on any atom is 0.333 e. The zero-order chi connectivity index (χ0) is 15.9. The Hall–Kier alpha value is -1.26. The fourth-order valence-electron chi connectivity index (χ4n) is 1.65. The van der Waals surface area contributed by atoms with Crippen LogP contribution < -0.4 is 5.32 Å². The summed E-state index contributed by atoms with van der Waals surface area (Å²) in [6, 6.07) is 0. The van der Waals surface area contributed by atoms with E-state index in [9.17, 15) is 9.59 Å². The number of aromatic nitrogens is 2. The van der Waals surface area contributed by atoms with Crippen LogP contribution in [0.5, 0.6) is 0 Å². The standard InChI is InChI=1S/C12H16N4O3S3/c1-3-19-10(18)6-9-16(8(17)7-21-9)4-5-20-12-15-14-11(13-2)22-12/h6H,3-5,7H2,1-2H3,(H,13,14)/b9-6-. The van der Waals surface area contributed by atoms with Gasteiger partial charge in [-0.1, -0.05) is 34.9 Å². The molecule has 2 heterocycles. The zero-order valence-corrected chi connectivity index (χ0v) is 14.6. The largest absolute Gasteiger partial charge is 0.463 e. The van der Waals surface area contributed by atoms with E-state index < -0.39 is 5.97 Å². The van der Waals surface area contributed by atoms with Crippen molar-refractivity contribution in [2.45, 2.75) is 11.3 Å². The number of nitrogens with zero attached hydrogens (tertiary/aromatic N) is 3. The van der Waals surface area contributed by atoms with E-state index in [0.717, 1.165) is 9.47 Å². The van der Waals surface area contributed by atoms with Gasteiger partial charge in [0.15, 0.2) is 4.34 Å². The molecule has 1 aromatic heterocycles. The molecular formula is C12H16N4O3S3. The molecule has 0 atom stereocenters. The van der Waals surface area contributed by atoms with E-state index >= 15 is 0 Å². The third kappa shape index (κ3) is 4.62. The van der Waals surface area contributed by atoms with Gasteiger partial charge < -0.3 is 15.0 Å². The molecule has 1 saturated heterocycles. The quantitative estimate of drug-likeness (QED) is 0.446. The topological polar surface area (TPSA) is 84.4 Å². The summed E-state index contributed by atoms with van der Waals surface area (Å²) in [4.78, 5) is 25.0. The van der Waals surface area contributed by atoms with Gasteiger partial charge in [-0.05, 0) is 6.92 Å². The van der Waals surface area contributed by atoms with Gasteiger partial charge in [-0.25, -0.2) is 4.79 Å². The number of amides is 1. The van der Waals surface area contributed by atoms with Gasteiger partial charge in [-0.3, -0.25) is 4.79 Å². The Morgan fingerprint density at radius 3 is 3.05 bits per heavy atom. The summed E-state index contributed by atoms with van der Waals surface area (Å²) in [7, 11) is 1.79. The van der Waals surface area contributed by atoms with Gasteiger partial charge in [0, 0.05) is 19.3 Å². The van der Waals surface area contributed by atoms with Crippen molar-refractivity contribution >= 4 is 51.9 Å². The minimum atomic E-state index is -0.417. The van der Waals surface area contributed by atoms with Gasteiger partial charge in [-0.15, -0.1) is 10.2 Å². The maximum atomic E-state index is 11.9. The summed E-state index contributed by atoms with van der Waals surface area (Å²) in [5.41, 5.74) is 0. The van der Waals surface area contributed by atoms with Crippen molar-refractivity contribution in [3.63, 3.8) is 0 Å². The summed E-state index contributed by atoms with van der Waals surface area (Å²) in [5.74, 6) is 0.637. The Morgan fingerprint density at radius 1 is 1.55 bits per heavy atom. The van der Waals surface area contributed by atoms with E-state index in [1.54, 1.807) is 18.9 Å². The van der Waals surface area contributed by atoms with Gasteiger partial charge in [0.05, 0.1) is 23.5 Å². The lowest BCUT2D eigenvalue weighted by Gasteiger charge is -2.16. The van der Waals surface area contributed by atoms with E-state index in [0.29, 0.717) is 29.7 Å². The molecule has 1 fully saturated rings. The van der Waals surface area contributed by atoms with E-state index in [-0.39, 0.29) is 5.91 Å². The lowest BCUT2D eigenvalue weighted by molar-refractivity contribution is -0.137. The van der Waals surface area contributed by atoms with Gasteiger partial charge in [0.25, 0.3) is 0 Å². The van der Waals surface area contributed by atoms with Crippen LogP contribution in [0, 0.1) is 0 Å². The molecule has 0 radical (unpaired) electrons. The van der Waals surface area contributed by atoms with Crippen molar-refractivity contribution in [1.82, 2.24) is 15.1 Å². The highest BCUT2D eigenvalue weighted by molar-refractivity contribution is 8.04. The average molecular weight is 360 g/mol. The van der Waals surface area contributed by atoms with Crippen LogP contribution in [0.2, 0.25) is 0 Å². The number of hydrogen-bond acceptors (Lipinski definition) is 9. The molecule has 0 spiro atoms. The molecule has 1 N–H and O–H groups in total.